The third kappa shape index (κ3) is 2.98. The number of fused-ring (bicyclic) bond motifs is 1. The fraction of sp³-hybridized carbons (Fsp3) is 0.150. The molecule has 0 amide bonds. The van der Waals surface area contributed by atoms with Crippen LogP contribution >= 0.6 is 11.3 Å². The number of rotatable bonds is 4. The number of furan rings is 2. The summed E-state index contributed by atoms with van der Waals surface area (Å²) in [6, 6.07) is 6.57. The number of hydrogen-bond acceptors (Lipinski definition) is 9. The summed E-state index contributed by atoms with van der Waals surface area (Å²) in [5.41, 5.74) is 5.70. The molecule has 0 saturated carbocycles. The summed E-state index contributed by atoms with van der Waals surface area (Å²) in [7, 11) is 2.39. The molecule has 3 aromatic rings. The van der Waals surface area contributed by atoms with Crippen molar-refractivity contribution in [2.45, 2.75) is 5.92 Å². The summed E-state index contributed by atoms with van der Waals surface area (Å²) < 4.78 is 22.2. The van der Waals surface area contributed by atoms with E-state index in [1.54, 1.807) is 24.3 Å². The minimum atomic E-state index is -1.01. The van der Waals surface area contributed by atoms with Crippen molar-refractivity contribution in [3.8, 4) is 0 Å². The molecule has 0 aliphatic carbocycles. The van der Waals surface area contributed by atoms with Gasteiger partial charge in [-0.3, -0.25) is 9.36 Å². The van der Waals surface area contributed by atoms with Crippen LogP contribution in [0, 0.1) is 0 Å². The molecular formula is C20H16N2O7S. The zero-order valence-electron chi connectivity index (χ0n) is 15.9. The van der Waals surface area contributed by atoms with E-state index >= 15 is 0 Å². The molecule has 4 rings (SSSR count). The third-order valence-electron chi connectivity index (χ3n) is 4.60. The van der Waals surface area contributed by atoms with Gasteiger partial charge in [-0.25, -0.2) is 9.59 Å². The van der Waals surface area contributed by atoms with Crippen molar-refractivity contribution >= 4 is 40.7 Å². The maximum atomic E-state index is 13.1. The number of ether oxygens (including phenoxy) is 2. The SMILES string of the molecule is COC(=O)C1=C(N)n2c(sc(=Cc3ccco3)c2=O)=C(C(=O)OC)[C@H]1c1ccco1. The van der Waals surface area contributed by atoms with Gasteiger partial charge in [0.25, 0.3) is 5.56 Å². The summed E-state index contributed by atoms with van der Waals surface area (Å²) in [6.07, 6.45) is 4.40. The molecule has 1 aliphatic rings. The molecule has 0 saturated heterocycles. The Labute approximate surface area is 172 Å². The first-order valence-corrected chi connectivity index (χ1v) is 9.51. The Kier molecular flexibility index (Phi) is 4.92. The van der Waals surface area contributed by atoms with Crippen molar-refractivity contribution in [3.05, 3.63) is 73.4 Å². The van der Waals surface area contributed by atoms with Crippen LogP contribution in [0.3, 0.4) is 0 Å². The molecule has 154 valence electrons. The van der Waals surface area contributed by atoms with Crippen LogP contribution < -0.4 is 20.5 Å². The van der Waals surface area contributed by atoms with E-state index in [1.165, 1.54) is 32.8 Å². The summed E-state index contributed by atoms with van der Waals surface area (Å²) in [5, 5.41) is 0. The topological polar surface area (TPSA) is 127 Å². The first-order chi connectivity index (χ1) is 14.5. The fourth-order valence-corrected chi connectivity index (χ4v) is 4.45. The van der Waals surface area contributed by atoms with Crippen LogP contribution in [0.2, 0.25) is 0 Å². The monoisotopic (exact) mass is 428 g/mol. The molecule has 0 radical (unpaired) electrons. The second kappa shape index (κ2) is 7.56. The second-order valence-corrected chi connectivity index (χ2v) is 7.25. The highest BCUT2D eigenvalue weighted by molar-refractivity contribution is 7.07. The van der Waals surface area contributed by atoms with Crippen LogP contribution in [0.5, 0.6) is 0 Å². The van der Waals surface area contributed by atoms with Gasteiger partial charge < -0.3 is 24.0 Å². The van der Waals surface area contributed by atoms with Crippen molar-refractivity contribution in [2.75, 3.05) is 14.2 Å². The molecule has 30 heavy (non-hydrogen) atoms. The van der Waals surface area contributed by atoms with Crippen molar-refractivity contribution in [3.63, 3.8) is 0 Å². The van der Waals surface area contributed by atoms with Crippen molar-refractivity contribution in [1.29, 1.82) is 0 Å². The van der Waals surface area contributed by atoms with Crippen molar-refractivity contribution < 1.29 is 27.9 Å². The average Bonchev–Trinajstić information content (AvgIpc) is 3.50. The van der Waals surface area contributed by atoms with Gasteiger partial charge in [0.1, 0.15) is 22.0 Å². The maximum absolute atomic E-state index is 13.1. The lowest BCUT2D eigenvalue weighted by atomic mass is 9.87. The lowest BCUT2D eigenvalue weighted by Crippen LogP contribution is -2.41. The highest BCUT2D eigenvalue weighted by Crippen LogP contribution is 2.37. The molecule has 4 heterocycles. The van der Waals surface area contributed by atoms with Gasteiger partial charge in [0.05, 0.1) is 48.3 Å². The molecule has 1 atom stereocenters. The van der Waals surface area contributed by atoms with Crippen LogP contribution in [0.15, 0.2) is 56.0 Å². The second-order valence-electron chi connectivity index (χ2n) is 6.22. The smallest absolute Gasteiger partial charge is 0.338 e. The number of thiazole rings is 1. The number of aromatic nitrogens is 1. The lowest BCUT2D eigenvalue weighted by Gasteiger charge is -2.24. The number of carbonyl (C=O) groups excluding carboxylic acids is 2. The molecule has 9 nitrogen and oxygen atoms in total. The number of methoxy groups -OCH3 is 2. The first kappa shape index (κ1) is 19.5. The quantitative estimate of drug-likeness (QED) is 0.590. The van der Waals surface area contributed by atoms with Crippen LogP contribution in [-0.4, -0.2) is 30.7 Å². The highest BCUT2D eigenvalue weighted by Gasteiger charge is 2.41. The van der Waals surface area contributed by atoms with Crippen LogP contribution in [-0.2, 0) is 19.1 Å². The molecule has 0 fully saturated rings. The van der Waals surface area contributed by atoms with E-state index in [4.69, 9.17) is 24.0 Å². The van der Waals surface area contributed by atoms with Gasteiger partial charge in [-0.1, -0.05) is 0 Å². The molecule has 0 bridgehead atoms. The summed E-state index contributed by atoms with van der Waals surface area (Å²) in [6.45, 7) is 0. The molecule has 0 unspecified atom stereocenters. The Morgan fingerprint density at radius 1 is 1.10 bits per heavy atom. The van der Waals surface area contributed by atoms with Gasteiger partial charge in [0.15, 0.2) is 0 Å². The van der Waals surface area contributed by atoms with Gasteiger partial charge in [0, 0.05) is 6.08 Å². The van der Waals surface area contributed by atoms with Gasteiger partial charge in [-0.15, -0.1) is 11.3 Å². The number of hydrogen-bond donors (Lipinski definition) is 1. The largest absolute Gasteiger partial charge is 0.468 e. The van der Waals surface area contributed by atoms with Crippen LogP contribution in [0.1, 0.15) is 17.4 Å². The summed E-state index contributed by atoms with van der Waals surface area (Å²) in [4.78, 5) is 38.5. The number of nitrogens with two attached hydrogens (primary N) is 1. The van der Waals surface area contributed by atoms with Gasteiger partial charge in [-0.2, -0.15) is 0 Å². The minimum absolute atomic E-state index is 0.0447. The van der Waals surface area contributed by atoms with Crippen LogP contribution in [0.4, 0.5) is 0 Å². The maximum Gasteiger partial charge on any atom is 0.338 e. The zero-order valence-corrected chi connectivity index (χ0v) is 16.7. The molecule has 1 aliphatic heterocycles. The zero-order chi connectivity index (χ0) is 21.4. The summed E-state index contributed by atoms with van der Waals surface area (Å²) in [5.74, 6) is -1.95. The van der Waals surface area contributed by atoms with E-state index < -0.39 is 23.4 Å². The predicted molar refractivity (Wildman–Crippen MR) is 106 cm³/mol. The predicted octanol–water partition coefficient (Wildman–Crippen LogP) is 0.346. The molecule has 10 heteroatoms. The van der Waals surface area contributed by atoms with E-state index in [1.807, 2.05) is 0 Å². The van der Waals surface area contributed by atoms with Gasteiger partial charge in [-0.05, 0) is 24.3 Å². The van der Waals surface area contributed by atoms with Crippen molar-refractivity contribution in [2.24, 2.45) is 5.73 Å². The molecule has 3 aromatic heterocycles. The van der Waals surface area contributed by atoms with E-state index in [-0.39, 0.29) is 31.9 Å². The molecular weight excluding hydrogens is 412 g/mol. The molecule has 2 N–H and O–H groups in total. The number of nitrogens with zero attached hydrogens (tertiary/aromatic N) is 1. The van der Waals surface area contributed by atoms with E-state index in [0.717, 1.165) is 15.9 Å². The fourth-order valence-electron chi connectivity index (χ4n) is 3.31. The standard InChI is InChI=1S/C20H16N2O7S/c1-26-19(24)14-13(11-6-4-8-29-11)15(20(25)27-2)18-22(16(14)21)17(23)12(30-18)9-10-5-3-7-28-10/h3-9,13H,21H2,1-2H3/t13-/m0/s1. The van der Waals surface area contributed by atoms with E-state index in [2.05, 4.69) is 0 Å². The Balaban J connectivity index is 2.14. The molecule has 0 spiro atoms. The Bertz CT molecular complexity index is 1320. The lowest BCUT2D eigenvalue weighted by molar-refractivity contribution is -0.136. The number of carbonyl (C=O) groups is 2. The number of esters is 2. The van der Waals surface area contributed by atoms with E-state index in [0.29, 0.717) is 5.76 Å². The normalized spacial score (nSPS) is 16.5. The summed E-state index contributed by atoms with van der Waals surface area (Å²) >= 11 is 1.03. The highest BCUT2D eigenvalue weighted by atomic mass is 32.1. The van der Waals surface area contributed by atoms with Gasteiger partial charge in [0.2, 0.25) is 0 Å². The minimum Gasteiger partial charge on any atom is -0.468 e. The first-order valence-electron chi connectivity index (χ1n) is 8.69. The Morgan fingerprint density at radius 2 is 1.77 bits per heavy atom. The average molecular weight is 428 g/mol. The van der Waals surface area contributed by atoms with Crippen LogP contribution in [0.25, 0.3) is 17.5 Å². The Hall–Kier alpha value is -3.79. The van der Waals surface area contributed by atoms with Crippen molar-refractivity contribution in [1.82, 2.24) is 4.57 Å². The Morgan fingerprint density at radius 3 is 2.37 bits per heavy atom. The van der Waals surface area contributed by atoms with E-state index in [9.17, 15) is 14.4 Å². The van der Waals surface area contributed by atoms with Gasteiger partial charge >= 0.3 is 11.9 Å². The molecule has 0 aromatic carbocycles. The third-order valence-corrected chi connectivity index (χ3v) is 5.71.